The molecule has 0 radical (unpaired) electrons. The van der Waals surface area contributed by atoms with Crippen LogP contribution in [-0.2, 0) is 43.6 Å². The first-order valence-electron chi connectivity index (χ1n) is 11.2. The highest BCUT2D eigenvalue weighted by Gasteiger charge is 2.29. The molecule has 0 aromatic heterocycles. The lowest BCUT2D eigenvalue weighted by Gasteiger charge is -2.26. The van der Waals surface area contributed by atoms with Crippen LogP contribution in [0.3, 0.4) is 0 Å². The summed E-state index contributed by atoms with van der Waals surface area (Å²) in [5.74, 6) is 0. The van der Waals surface area contributed by atoms with Gasteiger partial charge < -0.3 is 9.47 Å². The lowest BCUT2D eigenvalue weighted by Crippen LogP contribution is -2.38. The first-order valence-corrected chi connectivity index (χ1v) is 12.6. The number of hydrogen-bond acceptors (Lipinski definition) is 6. The number of amides is 1. The minimum Gasteiger partial charge on any atom is -0.442 e. The van der Waals surface area contributed by atoms with E-state index in [1.807, 2.05) is 49.4 Å². The molecule has 0 spiro atoms. The van der Waals surface area contributed by atoms with Crippen LogP contribution in [-0.4, -0.2) is 25.2 Å². The van der Waals surface area contributed by atoms with E-state index >= 15 is 0 Å². The maximum absolute atomic E-state index is 12.8. The van der Waals surface area contributed by atoms with Gasteiger partial charge in [0.15, 0.2) is 0 Å². The van der Waals surface area contributed by atoms with E-state index in [-0.39, 0.29) is 11.4 Å². The van der Waals surface area contributed by atoms with Crippen molar-refractivity contribution in [2.75, 3.05) is 0 Å². The average Bonchev–Trinajstić information content (AvgIpc) is 2.79. The number of nitrogens with zero attached hydrogens (tertiary/aromatic N) is 1. The van der Waals surface area contributed by atoms with E-state index in [1.165, 1.54) is 12.1 Å². The topological polar surface area (TPSA) is 82.1 Å². The highest BCUT2D eigenvalue weighted by Crippen LogP contribution is 2.20. The Morgan fingerprint density at radius 3 is 1.91 bits per heavy atom. The first kappa shape index (κ1) is 26.4. The fourth-order valence-electron chi connectivity index (χ4n) is 3.07. The molecule has 7 nitrogen and oxygen atoms in total. The fourth-order valence-corrected chi connectivity index (χ4v) is 3.97. The molecule has 0 aliphatic carbocycles. The van der Waals surface area contributed by atoms with Crippen LogP contribution in [0.25, 0.3) is 0 Å². The molecular formula is C27H31NO6S. The maximum Gasteiger partial charge on any atom is 0.435 e. The van der Waals surface area contributed by atoms with Gasteiger partial charge in [-0.3, -0.25) is 0 Å². The molecule has 186 valence electrons. The molecule has 0 heterocycles. The molecule has 3 aromatic carbocycles. The summed E-state index contributed by atoms with van der Waals surface area (Å²) in [5, 5.41) is 0.724. The van der Waals surface area contributed by atoms with Crippen molar-refractivity contribution in [3.63, 3.8) is 0 Å². The molecule has 0 atom stereocenters. The van der Waals surface area contributed by atoms with Crippen LogP contribution in [0.1, 0.15) is 43.0 Å². The predicted molar refractivity (Wildman–Crippen MR) is 133 cm³/mol. The molecule has 8 heteroatoms. The van der Waals surface area contributed by atoms with Crippen LogP contribution in [0.5, 0.6) is 0 Å². The second-order valence-electron chi connectivity index (χ2n) is 9.15. The van der Waals surface area contributed by atoms with Crippen molar-refractivity contribution in [1.29, 1.82) is 0 Å². The number of benzene rings is 3. The Hall–Kier alpha value is -3.20. The summed E-state index contributed by atoms with van der Waals surface area (Å²) in [7, 11) is -4.24. The number of carbonyl (C=O) groups excluding carboxylic acids is 1. The molecular weight excluding hydrogens is 466 g/mol. The lowest BCUT2D eigenvalue weighted by molar-refractivity contribution is -0.0739. The second-order valence-corrected chi connectivity index (χ2v) is 10.7. The molecule has 1 amide bonds. The van der Waals surface area contributed by atoms with E-state index in [0.29, 0.717) is 18.8 Å². The Morgan fingerprint density at radius 1 is 0.800 bits per heavy atom. The highest BCUT2D eigenvalue weighted by molar-refractivity contribution is 7.86. The number of hydrogen-bond donors (Lipinski definition) is 0. The molecule has 0 bridgehead atoms. The Bertz CT molecular complexity index is 1200. The van der Waals surface area contributed by atoms with Crippen LogP contribution < -0.4 is 0 Å². The van der Waals surface area contributed by atoms with Gasteiger partial charge in [0.2, 0.25) is 0 Å². The van der Waals surface area contributed by atoms with Gasteiger partial charge in [-0.15, -0.1) is 4.28 Å². The van der Waals surface area contributed by atoms with Gasteiger partial charge in [0.25, 0.3) is 0 Å². The summed E-state index contributed by atoms with van der Waals surface area (Å²) in [5.41, 5.74) is 2.78. The molecule has 3 rings (SSSR count). The smallest absolute Gasteiger partial charge is 0.435 e. The van der Waals surface area contributed by atoms with Gasteiger partial charge in [0, 0.05) is 0 Å². The summed E-state index contributed by atoms with van der Waals surface area (Å²) in [6, 6.07) is 23.4. The van der Waals surface area contributed by atoms with Gasteiger partial charge in [0.05, 0.1) is 24.7 Å². The van der Waals surface area contributed by atoms with Crippen LogP contribution in [0.15, 0.2) is 83.8 Å². The number of ether oxygens (including phenoxy) is 2. The third kappa shape index (κ3) is 8.51. The van der Waals surface area contributed by atoms with Crippen LogP contribution in [0, 0.1) is 6.92 Å². The van der Waals surface area contributed by atoms with Gasteiger partial charge >= 0.3 is 16.2 Å². The summed E-state index contributed by atoms with van der Waals surface area (Å²) in [6.45, 7) is 7.74. The number of carbonyl (C=O) groups is 1. The molecule has 0 unspecified atom stereocenters. The van der Waals surface area contributed by atoms with Crippen molar-refractivity contribution in [2.45, 2.75) is 58.0 Å². The third-order valence-electron chi connectivity index (χ3n) is 4.82. The van der Waals surface area contributed by atoms with Gasteiger partial charge in [-0.2, -0.15) is 13.5 Å². The minimum absolute atomic E-state index is 0.0532. The van der Waals surface area contributed by atoms with Gasteiger partial charge in [-0.25, -0.2) is 4.79 Å². The molecule has 0 fully saturated rings. The van der Waals surface area contributed by atoms with E-state index in [4.69, 9.17) is 13.8 Å². The molecule has 35 heavy (non-hydrogen) atoms. The first-order chi connectivity index (χ1) is 16.5. The maximum atomic E-state index is 12.8. The van der Waals surface area contributed by atoms with Crippen molar-refractivity contribution in [1.82, 2.24) is 5.06 Å². The van der Waals surface area contributed by atoms with Crippen LogP contribution >= 0.6 is 0 Å². The zero-order valence-corrected chi connectivity index (χ0v) is 21.2. The van der Waals surface area contributed by atoms with Crippen molar-refractivity contribution in [2.24, 2.45) is 0 Å². The summed E-state index contributed by atoms with van der Waals surface area (Å²) in [4.78, 5) is 12.7. The second kappa shape index (κ2) is 11.5. The summed E-state index contributed by atoms with van der Waals surface area (Å²) >= 11 is 0. The van der Waals surface area contributed by atoms with E-state index in [9.17, 15) is 13.2 Å². The SMILES string of the molecule is Cc1ccc(S(=O)(=O)ON(Cc2ccc(COCc3ccccc3)cc2)C(=O)OC(C)(C)C)cc1. The molecule has 0 N–H and O–H groups in total. The summed E-state index contributed by atoms with van der Waals surface area (Å²) in [6.07, 6.45) is -0.900. The van der Waals surface area contributed by atoms with Gasteiger partial charge in [0.1, 0.15) is 5.60 Å². The Balaban J connectivity index is 1.69. The monoisotopic (exact) mass is 497 g/mol. The fraction of sp³-hybridized carbons (Fsp3) is 0.296. The largest absolute Gasteiger partial charge is 0.442 e. The molecule has 0 saturated carbocycles. The lowest BCUT2D eigenvalue weighted by atomic mass is 10.1. The van der Waals surface area contributed by atoms with Crippen LogP contribution in [0.2, 0.25) is 0 Å². The third-order valence-corrected chi connectivity index (χ3v) is 6.05. The predicted octanol–water partition coefficient (Wildman–Crippen LogP) is 5.77. The number of rotatable bonds is 9. The minimum atomic E-state index is -4.24. The van der Waals surface area contributed by atoms with Gasteiger partial charge in [-0.1, -0.05) is 72.3 Å². The number of aryl methyl sites for hydroxylation is 1. The highest BCUT2D eigenvalue weighted by atomic mass is 32.2. The average molecular weight is 498 g/mol. The zero-order valence-electron chi connectivity index (χ0n) is 20.4. The van der Waals surface area contributed by atoms with E-state index < -0.39 is 21.8 Å². The summed E-state index contributed by atoms with van der Waals surface area (Å²) < 4.78 is 42.0. The molecule has 0 aliphatic heterocycles. The van der Waals surface area contributed by atoms with Gasteiger partial charge in [-0.05, 0) is 56.5 Å². The Labute approximate surface area is 207 Å². The van der Waals surface area contributed by atoms with E-state index in [0.717, 1.165) is 21.8 Å². The Kier molecular flexibility index (Phi) is 8.67. The number of hydroxylamine groups is 2. The van der Waals surface area contributed by atoms with Crippen molar-refractivity contribution in [3.05, 3.63) is 101 Å². The molecule has 0 saturated heterocycles. The standard InChI is InChI=1S/C27H31NO6S/c1-21-10-16-25(17-11-21)35(30,31)34-28(26(29)33-27(2,3)4)18-22-12-14-24(15-13-22)20-32-19-23-8-6-5-7-9-23/h5-17H,18-20H2,1-4H3. The zero-order chi connectivity index (χ0) is 25.5. The normalized spacial score (nSPS) is 11.8. The van der Waals surface area contributed by atoms with Crippen molar-refractivity contribution in [3.8, 4) is 0 Å². The van der Waals surface area contributed by atoms with Crippen molar-refractivity contribution >= 4 is 16.2 Å². The Morgan fingerprint density at radius 2 is 1.34 bits per heavy atom. The van der Waals surface area contributed by atoms with Crippen LogP contribution in [0.4, 0.5) is 4.79 Å². The molecule has 0 aliphatic rings. The van der Waals surface area contributed by atoms with E-state index in [1.54, 1.807) is 45.0 Å². The quantitative estimate of drug-likeness (QED) is 0.349. The molecule has 3 aromatic rings. The van der Waals surface area contributed by atoms with Crippen molar-refractivity contribution < 1.29 is 27.0 Å². The van der Waals surface area contributed by atoms with E-state index in [2.05, 4.69) is 0 Å².